The van der Waals surface area contributed by atoms with E-state index in [1.54, 1.807) is 20.8 Å². The van der Waals surface area contributed by atoms with E-state index in [1.165, 1.54) is 0 Å². The fraction of sp³-hybridized carbons (Fsp3) is 0.818. The van der Waals surface area contributed by atoms with E-state index in [1.807, 2.05) is 20.1 Å². The van der Waals surface area contributed by atoms with Crippen LogP contribution >= 0.6 is 0 Å². The minimum absolute atomic E-state index is 0.0648. The van der Waals surface area contributed by atoms with E-state index in [-0.39, 0.29) is 5.92 Å². The smallest absolute Gasteiger partial charge is 0.408 e. The summed E-state index contributed by atoms with van der Waals surface area (Å²) in [6.45, 7) is 9.15. The summed E-state index contributed by atoms with van der Waals surface area (Å²) in [5.41, 5.74) is -0.549. The van der Waals surface area contributed by atoms with Crippen molar-refractivity contribution in [3.05, 3.63) is 0 Å². The molecule has 0 aromatic carbocycles. The molecule has 0 bridgehead atoms. The Kier molecular flexibility index (Phi) is 5.33. The second-order valence-electron chi connectivity index (χ2n) is 4.63. The van der Waals surface area contributed by atoms with E-state index in [4.69, 9.17) is 4.74 Å². The molecule has 0 rings (SSSR count). The monoisotopic (exact) mass is 214 g/mol. The summed E-state index contributed by atoms with van der Waals surface area (Å²) in [5.74, 6) is 0.0648. The van der Waals surface area contributed by atoms with Crippen LogP contribution in [-0.4, -0.2) is 24.0 Å². The number of hydrogen-bond acceptors (Lipinski definition) is 3. The molecule has 4 heteroatoms. The molecule has 4 nitrogen and oxygen atoms in total. The Morgan fingerprint density at radius 2 is 2.00 bits per heavy atom. The third kappa shape index (κ3) is 6.10. The standard InChI is InChI=1S/C11H20NO3/c1-6-8(2)9(7-13)12-10(14)15-11(3,4)5/h8-9H,6H2,1-5H3,(H,12,14). The highest BCUT2D eigenvalue weighted by Gasteiger charge is 2.22. The number of hydrogen-bond donors (Lipinski definition) is 1. The summed E-state index contributed by atoms with van der Waals surface area (Å²) in [6, 6.07) is -0.593. The van der Waals surface area contributed by atoms with Gasteiger partial charge < -0.3 is 10.1 Å². The lowest BCUT2D eigenvalue weighted by molar-refractivity contribution is 0.0505. The van der Waals surface area contributed by atoms with Gasteiger partial charge in [-0.2, -0.15) is 0 Å². The van der Waals surface area contributed by atoms with Crippen LogP contribution in [0.2, 0.25) is 0 Å². The van der Waals surface area contributed by atoms with E-state index >= 15 is 0 Å². The third-order valence-corrected chi connectivity index (χ3v) is 2.01. The molecule has 0 fully saturated rings. The Bertz CT molecular complexity index is 220. The van der Waals surface area contributed by atoms with Gasteiger partial charge in [0.1, 0.15) is 11.6 Å². The zero-order valence-corrected chi connectivity index (χ0v) is 10.1. The Balaban J connectivity index is 4.19. The maximum Gasteiger partial charge on any atom is 0.408 e. The Morgan fingerprint density at radius 3 is 2.33 bits per heavy atom. The summed E-state index contributed by atoms with van der Waals surface area (Å²) in [4.78, 5) is 21.9. The minimum Gasteiger partial charge on any atom is -0.444 e. The maximum absolute atomic E-state index is 11.3. The van der Waals surface area contributed by atoms with Crippen molar-refractivity contribution < 1.29 is 14.3 Å². The molecule has 1 N–H and O–H groups in total. The highest BCUT2D eigenvalue weighted by Crippen LogP contribution is 2.09. The number of nitrogens with one attached hydrogen (secondary N) is 1. The van der Waals surface area contributed by atoms with Gasteiger partial charge >= 0.3 is 6.09 Å². The summed E-state index contributed by atoms with van der Waals surface area (Å²) >= 11 is 0. The summed E-state index contributed by atoms with van der Waals surface area (Å²) in [7, 11) is 0. The van der Waals surface area contributed by atoms with Crippen LogP contribution in [0.5, 0.6) is 0 Å². The van der Waals surface area contributed by atoms with Crippen LogP contribution in [0.25, 0.3) is 0 Å². The lowest BCUT2D eigenvalue weighted by Crippen LogP contribution is -2.43. The molecule has 0 saturated heterocycles. The van der Waals surface area contributed by atoms with E-state index < -0.39 is 17.7 Å². The Labute approximate surface area is 91.4 Å². The molecular formula is C11H20NO3. The highest BCUT2D eigenvalue weighted by atomic mass is 16.6. The van der Waals surface area contributed by atoms with Crippen LogP contribution in [0.15, 0.2) is 0 Å². The number of ether oxygens (including phenoxy) is 1. The first-order chi connectivity index (χ1) is 6.80. The van der Waals surface area contributed by atoms with Crippen LogP contribution < -0.4 is 5.32 Å². The van der Waals surface area contributed by atoms with Gasteiger partial charge in [-0.25, -0.2) is 4.79 Å². The molecule has 2 atom stereocenters. The second-order valence-corrected chi connectivity index (χ2v) is 4.63. The minimum atomic E-state index is -0.593. The van der Waals surface area contributed by atoms with Crippen LogP contribution in [-0.2, 0) is 9.53 Å². The molecule has 0 saturated carbocycles. The lowest BCUT2D eigenvalue weighted by Gasteiger charge is -2.23. The largest absolute Gasteiger partial charge is 0.444 e. The van der Waals surface area contributed by atoms with Crippen molar-refractivity contribution in [3.63, 3.8) is 0 Å². The fourth-order valence-electron chi connectivity index (χ4n) is 0.958. The average molecular weight is 214 g/mol. The summed E-state index contributed by atoms with van der Waals surface area (Å²) < 4.78 is 5.04. The first-order valence-corrected chi connectivity index (χ1v) is 5.17. The number of amides is 1. The molecule has 0 heterocycles. The van der Waals surface area contributed by atoms with Crippen LogP contribution in [0.1, 0.15) is 41.0 Å². The number of alkyl carbamates (subject to hydrolysis) is 1. The summed E-state index contributed by atoms with van der Waals surface area (Å²) in [6.07, 6.45) is 2.04. The van der Waals surface area contributed by atoms with Gasteiger partial charge in [-0.15, -0.1) is 0 Å². The first-order valence-electron chi connectivity index (χ1n) is 5.17. The third-order valence-electron chi connectivity index (χ3n) is 2.01. The van der Waals surface area contributed by atoms with Crippen molar-refractivity contribution >= 4 is 12.4 Å². The van der Waals surface area contributed by atoms with Crippen molar-refractivity contribution in [2.24, 2.45) is 5.92 Å². The number of rotatable bonds is 4. The Morgan fingerprint density at radius 1 is 1.47 bits per heavy atom. The van der Waals surface area contributed by atoms with Gasteiger partial charge in [-0.05, 0) is 26.7 Å². The quantitative estimate of drug-likeness (QED) is 0.779. The van der Waals surface area contributed by atoms with Crippen molar-refractivity contribution in [2.75, 3.05) is 0 Å². The van der Waals surface area contributed by atoms with Gasteiger partial charge in [-0.1, -0.05) is 20.3 Å². The van der Waals surface area contributed by atoms with E-state index in [2.05, 4.69) is 5.32 Å². The van der Waals surface area contributed by atoms with Crippen LogP contribution in [0.4, 0.5) is 4.79 Å². The predicted molar refractivity (Wildman–Crippen MR) is 58.3 cm³/mol. The van der Waals surface area contributed by atoms with Gasteiger partial charge in [0.05, 0.1) is 0 Å². The number of carbonyl (C=O) groups excluding carboxylic acids is 2. The first kappa shape index (κ1) is 13.9. The van der Waals surface area contributed by atoms with Gasteiger partial charge in [0.2, 0.25) is 6.29 Å². The predicted octanol–water partition coefficient (Wildman–Crippen LogP) is 2.04. The molecular weight excluding hydrogens is 194 g/mol. The van der Waals surface area contributed by atoms with E-state index in [0.29, 0.717) is 0 Å². The normalized spacial score (nSPS) is 15.3. The topological polar surface area (TPSA) is 55.4 Å². The van der Waals surface area contributed by atoms with E-state index in [0.717, 1.165) is 6.42 Å². The molecule has 1 radical (unpaired) electrons. The molecule has 1 amide bonds. The fourth-order valence-corrected chi connectivity index (χ4v) is 0.958. The molecule has 0 aromatic heterocycles. The van der Waals surface area contributed by atoms with Gasteiger partial charge in [0.15, 0.2) is 0 Å². The molecule has 0 aliphatic carbocycles. The van der Waals surface area contributed by atoms with Gasteiger partial charge in [0.25, 0.3) is 0 Å². The molecule has 87 valence electrons. The molecule has 2 unspecified atom stereocenters. The second kappa shape index (κ2) is 5.73. The molecule has 0 aromatic rings. The van der Waals surface area contributed by atoms with Crippen LogP contribution in [0, 0.1) is 5.92 Å². The number of carbonyl (C=O) groups is 1. The molecule has 0 aliphatic rings. The maximum atomic E-state index is 11.3. The summed E-state index contributed by atoms with van der Waals surface area (Å²) in [5, 5.41) is 2.49. The zero-order chi connectivity index (χ0) is 12.1. The van der Waals surface area contributed by atoms with Crippen molar-refractivity contribution in [1.82, 2.24) is 5.32 Å². The van der Waals surface area contributed by atoms with E-state index in [9.17, 15) is 9.59 Å². The lowest BCUT2D eigenvalue weighted by atomic mass is 10.0. The molecule has 0 aliphatic heterocycles. The highest BCUT2D eigenvalue weighted by molar-refractivity contribution is 5.73. The van der Waals surface area contributed by atoms with Gasteiger partial charge in [0, 0.05) is 0 Å². The van der Waals surface area contributed by atoms with Gasteiger partial charge in [-0.3, -0.25) is 4.79 Å². The average Bonchev–Trinajstić information content (AvgIpc) is 2.10. The molecule has 0 spiro atoms. The zero-order valence-electron chi connectivity index (χ0n) is 10.1. The Hall–Kier alpha value is -1.06. The SMILES string of the molecule is CCC(C)C([C]=O)NC(=O)OC(C)(C)C. The van der Waals surface area contributed by atoms with Crippen molar-refractivity contribution in [1.29, 1.82) is 0 Å². The van der Waals surface area contributed by atoms with Crippen molar-refractivity contribution in [2.45, 2.75) is 52.7 Å². The molecule has 15 heavy (non-hydrogen) atoms. The van der Waals surface area contributed by atoms with Crippen molar-refractivity contribution in [3.8, 4) is 0 Å². The van der Waals surface area contributed by atoms with Crippen LogP contribution in [0.3, 0.4) is 0 Å².